The molecule has 98 valence electrons. The molecule has 2 aromatic rings. The lowest BCUT2D eigenvalue weighted by Gasteiger charge is -2.07. The van der Waals surface area contributed by atoms with Crippen LogP contribution in [0.15, 0.2) is 36.4 Å². The highest BCUT2D eigenvalue weighted by atomic mass is 35.5. The Kier molecular flexibility index (Phi) is 3.66. The standard InChI is InChI=1S/C13H9ClF2N2O/c14-9-6-7(4-5-11(9)17)18-13(19)8-2-1-3-10(15)12(8)16/h1-6H,17H2,(H,18,19). The molecule has 0 heterocycles. The van der Waals surface area contributed by atoms with Gasteiger partial charge < -0.3 is 11.1 Å². The van der Waals surface area contributed by atoms with Gasteiger partial charge in [-0.15, -0.1) is 0 Å². The number of rotatable bonds is 2. The third kappa shape index (κ3) is 2.82. The molecule has 3 nitrogen and oxygen atoms in total. The van der Waals surface area contributed by atoms with E-state index in [1.807, 2.05) is 0 Å². The summed E-state index contributed by atoms with van der Waals surface area (Å²) in [5.41, 5.74) is 5.84. The minimum absolute atomic E-state index is 0.262. The maximum atomic E-state index is 13.4. The van der Waals surface area contributed by atoms with Crippen LogP contribution in [0.1, 0.15) is 10.4 Å². The first-order chi connectivity index (χ1) is 8.99. The molecule has 0 bridgehead atoms. The van der Waals surface area contributed by atoms with E-state index in [-0.39, 0.29) is 10.6 Å². The Bertz CT molecular complexity index is 647. The van der Waals surface area contributed by atoms with Gasteiger partial charge in [0.2, 0.25) is 0 Å². The first-order valence-electron chi connectivity index (χ1n) is 5.29. The van der Waals surface area contributed by atoms with Gasteiger partial charge in [0.15, 0.2) is 11.6 Å². The van der Waals surface area contributed by atoms with Crippen LogP contribution in [0.25, 0.3) is 0 Å². The monoisotopic (exact) mass is 282 g/mol. The molecule has 1 amide bonds. The predicted octanol–water partition coefficient (Wildman–Crippen LogP) is 3.45. The van der Waals surface area contributed by atoms with Crippen LogP contribution in [-0.2, 0) is 0 Å². The second-order valence-corrected chi connectivity index (χ2v) is 4.20. The van der Waals surface area contributed by atoms with Crippen molar-refractivity contribution in [1.82, 2.24) is 0 Å². The summed E-state index contributed by atoms with van der Waals surface area (Å²) in [6.45, 7) is 0. The van der Waals surface area contributed by atoms with E-state index in [9.17, 15) is 13.6 Å². The number of halogens is 3. The van der Waals surface area contributed by atoms with E-state index in [4.69, 9.17) is 17.3 Å². The molecule has 0 aliphatic carbocycles. The molecule has 0 aromatic heterocycles. The fourth-order valence-electron chi connectivity index (χ4n) is 1.48. The third-order valence-corrected chi connectivity index (χ3v) is 2.78. The maximum Gasteiger partial charge on any atom is 0.258 e. The number of nitrogens with one attached hydrogen (secondary N) is 1. The number of hydrogen-bond donors (Lipinski definition) is 2. The summed E-state index contributed by atoms with van der Waals surface area (Å²) in [5.74, 6) is -3.04. The van der Waals surface area contributed by atoms with Crippen LogP contribution in [0.5, 0.6) is 0 Å². The average Bonchev–Trinajstić information content (AvgIpc) is 2.37. The van der Waals surface area contributed by atoms with Gasteiger partial charge in [-0.05, 0) is 30.3 Å². The van der Waals surface area contributed by atoms with Crippen molar-refractivity contribution in [1.29, 1.82) is 0 Å². The molecule has 0 saturated carbocycles. The van der Waals surface area contributed by atoms with E-state index in [2.05, 4.69) is 5.32 Å². The number of hydrogen-bond acceptors (Lipinski definition) is 2. The van der Waals surface area contributed by atoms with E-state index in [0.717, 1.165) is 6.07 Å². The van der Waals surface area contributed by atoms with E-state index in [0.29, 0.717) is 11.4 Å². The molecular weight excluding hydrogens is 274 g/mol. The van der Waals surface area contributed by atoms with Gasteiger partial charge >= 0.3 is 0 Å². The van der Waals surface area contributed by atoms with Crippen molar-refractivity contribution in [2.24, 2.45) is 0 Å². The molecule has 3 N–H and O–H groups in total. The van der Waals surface area contributed by atoms with Crippen LogP contribution in [-0.4, -0.2) is 5.91 Å². The Morgan fingerprint density at radius 3 is 2.63 bits per heavy atom. The zero-order valence-electron chi connectivity index (χ0n) is 9.58. The first-order valence-corrected chi connectivity index (χ1v) is 5.67. The lowest BCUT2D eigenvalue weighted by Crippen LogP contribution is -2.14. The van der Waals surface area contributed by atoms with Gasteiger partial charge in [-0.3, -0.25) is 4.79 Å². The van der Waals surface area contributed by atoms with Crippen molar-refractivity contribution < 1.29 is 13.6 Å². The summed E-state index contributed by atoms with van der Waals surface area (Å²) in [6, 6.07) is 7.81. The number of nitrogen functional groups attached to an aromatic ring is 1. The van der Waals surface area contributed by atoms with Gasteiger partial charge in [-0.25, -0.2) is 8.78 Å². The molecule has 2 aromatic carbocycles. The highest BCUT2D eigenvalue weighted by molar-refractivity contribution is 6.33. The number of amides is 1. The zero-order valence-corrected chi connectivity index (χ0v) is 10.3. The van der Waals surface area contributed by atoms with Crippen molar-refractivity contribution in [3.05, 3.63) is 58.6 Å². The molecule has 0 unspecified atom stereocenters. The second kappa shape index (κ2) is 5.24. The number of benzene rings is 2. The van der Waals surface area contributed by atoms with Crippen LogP contribution >= 0.6 is 11.6 Å². The number of nitrogens with two attached hydrogens (primary N) is 1. The molecule has 0 atom stereocenters. The normalized spacial score (nSPS) is 10.3. The van der Waals surface area contributed by atoms with Gasteiger partial charge in [-0.1, -0.05) is 17.7 Å². The Balaban J connectivity index is 2.26. The van der Waals surface area contributed by atoms with Crippen LogP contribution in [0.3, 0.4) is 0 Å². The predicted molar refractivity (Wildman–Crippen MR) is 70.2 cm³/mol. The molecule has 0 aliphatic heterocycles. The van der Waals surface area contributed by atoms with Gasteiger partial charge in [0.25, 0.3) is 5.91 Å². The Hall–Kier alpha value is -2.14. The molecule has 2 rings (SSSR count). The molecule has 6 heteroatoms. The number of anilines is 2. The molecular formula is C13H9ClF2N2O. The van der Waals surface area contributed by atoms with Crippen LogP contribution in [0.4, 0.5) is 20.2 Å². The summed E-state index contributed by atoms with van der Waals surface area (Å²) < 4.78 is 26.4. The SMILES string of the molecule is Nc1ccc(NC(=O)c2cccc(F)c2F)cc1Cl. The summed E-state index contributed by atoms with van der Waals surface area (Å²) in [7, 11) is 0. The summed E-state index contributed by atoms with van der Waals surface area (Å²) in [5, 5.41) is 2.67. The van der Waals surface area contributed by atoms with E-state index in [1.165, 1.54) is 30.3 Å². The number of carbonyl (C=O) groups excluding carboxylic acids is 1. The quantitative estimate of drug-likeness (QED) is 0.829. The first kappa shape index (κ1) is 13.3. The van der Waals surface area contributed by atoms with Crippen LogP contribution in [0, 0.1) is 11.6 Å². The number of carbonyl (C=O) groups is 1. The topological polar surface area (TPSA) is 55.1 Å². The lowest BCUT2D eigenvalue weighted by atomic mass is 10.2. The minimum Gasteiger partial charge on any atom is -0.398 e. The lowest BCUT2D eigenvalue weighted by molar-refractivity contribution is 0.102. The van der Waals surface area contributed by atoms with Crippen molar-refractivity contribution in [3.63, 3.8) is 0 Å². The van der Waals surface area contributed by atoms with E-state index < -0.39 is 17.5 Å². The minimum atomic E-state index is -1.19. The van der Waals surface area contributed by atoms with Crippen molar-refractivity contribution >= 4 is 28.9 Å². The smallest absolute Gasteiger partial charge is 0.258 e. The van der Waals surface area contributed by atoms with E-state index >= 15 is 0 Å². The fourth-order valence-corrected chi connectivity index (χ4v) is 1.66. The Labute approximate surface area is 113 Å². The van der Waals surface area contributed by atoms with Crippen LogP contribution in [0.2, 0.25) is 5.02 Å². The average molecular weight is 283 g/mol. The van der Waals surface area contributed by atoms with Gasteiger partial charge in [0, 0.05) is 5.69 Å². The largest absolute Gasteiger partial charge is 0.398 e. The Morgan fingerprint density at radius 2 is 1.95 bits per heavy atom. The molecule has 0 saturated heterocycles. The summed E-state index contributed by atoms with van der Waals surface area (Å²) in [6.07, 6.45) is 0. The highest BCUT2D eigenvalue weighted by Crippen LogP contribution is 2.23. The van der Waals surface area contributed by atoms with Crippen molar-refractivity contribution in [2.45, 2.75) is 0 Å². The van der Waals surface area contributed by atoms with E-state index in [1.54, 1.807) is 0 Å². The Morgan fingerprint density at radius 1 is 1.21 bits per heavy atom. The highest BCUT2D eigenvalue weighted by Gasteiger charge is 2.15. The van der Waals surface area contributed by atoms with Crippen molar-refractivity contribution in [3.8, 4) is 0 Å². The maximum absolute atomic E-state index is 13.4. The molecule has 0 fully saturated rings. The summed E-state index contributed by atoms with van der Waals surface area (Å²) >= 11 is 5.79. The summed E-state index contributed by atoms with van der Waals surface area (Å²) in [4.78, 5) is 11.8. The molecule has 0 radical (unpaired) electrons. The third-order valence-electron chi connectivity index (χ3n) is 2.45. The second-order valence-electron chi connectivity index (χ2n) is 3.79. The zero-order chi connectivity index (χ0) is 14.0. The van der Waals surface area contributed by atoms with Crippen LogP contribution < -0.4 is 11.1 Å². The van der Waals surface area contributed by atoms with Crippen molar-refractivity contribution in [2.75, 3.05) is 11.1 Å². The van der Waals surface area contributed by atoms with Gasteiger partial charge in [-0.2, -0.15) is 0 Å². The molecule has 0 spiro atoms. The molecule has 0 aliphatic rings. The van der Waals surface area contributed by atoms with Gasteiger partial charge in [0.05, 0.1) is 16.3 Å². The molecule has 19 heavy (non-hydrogen) atoms. The fraction of sp³-hybridized carbons (Fsp3) is 0. The van der Waals surface area contributed by atoms with Gasteiger partial charge in [0.1, 0.15) is 0 Å².